The maximum absolute atomic E-state index is 2.98. The summed E-state index contributed by atoms with van der Waals surface area (Å²) in [6.07, 6.45) is 0. The van der Waals surface area contributed by atoms with Gasteiger partial charge in [0.05, 0.1) is 0 Å². The maximum atomic E-state index is 2.47. The Morgan fingerprint density at radius 1 is 0.548 bits per heavy atom. The second-order valence-corrected chi connectivity index (χ2v) is 19.6. The van der Waals surface area contributed by atoms with Crippen molar-refractivity contribution in [2.75, 3.05) is 0 Å². The fourth-order valence-corrected chi connectivity index (χ4v) is 20.7. The Labute approximate surface area is 193 Å². The normalized spacial score (nSPS) is 16.8. The van der Waals surface area contributed by atoms with E-state index < -0.39 is 20.3 Å². The molecule has 0 saturated heterocycles. The van der Waals surface area contributed by atoms with Gasteiger partial charge in [-0.15, -0.1) is 0 Å². The van der Waals surface area contributed by atoms with Crippen LogP contribution in [0.2, 0.25) is 0 Å². The van der Waals surface area contributed by atoms with Crippen LogP contribution in [0.15, 0.2) is 111 Å². The number of hydrogen-bond acceptors (Lipinski definition) is 0. The molecule has 0 spiro atoms. The SMILES string of the molecule is CC1=C(C)C(C)[C]([Zr]([CH2]c2ccccc2)([CH2]c2ccccc2)[CH2]c2ccccc2)=C1C. The average molecular weight is 486 g/mol. The molecule has 1 aliphatic carbocycles. The molecule has 3 aromatic carbocycles. The molecule has 4 rings (SSSR count). The summed E-state index contributed by atoms with van der Waals surface area (Å²) in [4.78, 5) is 0. The van der Waals surface area contributed by atoms with Crippen molar-refractivity contribution in [1.29, 1.82) is 0 Å². The second kappa shape index (κ2) is 9.66. The van der Waals surface area contributed by atoms with E-state index in [-0.39, 0.29) is 0 Å². The number of hydrogen-bond donors (Lipinski definition) is 0. The summed E-state index contributed by atoms with van der Waals surface area (Å²) in [7, 11) is 0. The molecule has 1 heteroatoms. The van der Waals surface area contributed by atoms with Crippen LogP contribution in [0.3, 0.4) is 0 Å². The predicted molar refractivity (Wildman–Crippen MR) is 131 cm³/mol. The minimum atomic E-state index is -2.98. The first-order valence-electron chi connectivity index (χ1n) is 11.5. The van der Waals surface area contributed by atoms with Crippen LogP contribution < -0.4 is 0 Å². The molecule has 0 bridgehead atoms. The van der Waals surface area contributed by atoms with E-state index in [1.54, 1.807) is 11.1 Å². The third-order valence-corrected chi connectivity index (χ3v) is 20.2. The van der Waals surface area contributed by atoms with Crippen molar-refractivity contribution in [2.24, 2.45) is 5.92 Å². The van der Waals surface area contributed by atoms with E-state index in [2.05, 4.69) is 119 Å². The Kier molecular flexibility index (Phi) is 6.93. The summed E-state index contributed by atoms with van der Waals surface area (Å²) in [5.41, 5.74) is 9.27. The molecule has 0 radical (unpaired) electrons. The minimum absolute atomic E-state index is 0.576. The molecular formula is C30H34Zr. The average Bonchev–Trinajstić information content (AvgIpc) is 2.98. The number of rotatable bonds is 7. The van der Waals surface area contributed by atoms with Crippen molar-refractivity contribution < 1.29 is 20.3 Å². The van der Waals surface area contributed by atoms with Crippen molar-refractivity contribution in [1.82, 2.24) is 0 Å². The van der Waals surface area contributed by atoms with E-state index in [1.165, 1.54) is 34.6 Å². The van der Waals surface area contributed by atoms with E-state index >= 15 is 0 Å². The van der Waals surface area contributed by atoms with Crippen molar-refractivity contribution >= 4 is 0 Å². The van der Waals surface area contributed by atoms with Gasteiger partial charge in [-0.3, -0.25) is 0 Å². The standard InChI is InChI=1S/C9H13.3C7H7.Zr/c1-6-5-7(2)9(4)8(6)3;3*1-7-5-3-2-4-6-7;/h6H,1-4H3;3*2-6H,1H2;. The molecule has 0 fully saturated rings. The Morgan fingerprint density at radius 3 is 1.19 bits per heavy atom. The van der Waals surface area contributed by atoms with Crippen LogP contribution in [0.5, 0.6) is 0 Å². The monoisotopic (exact) mass is 484 g/mol. The fraction of sp³-hybridized carbons (Fsp3) is 0.267. The van der Waals surface area contributed by atoms with Gasteiger partial charge in [0.2, 0.25) is 0 Å². The van der Waals surface area contributed by atoms with Gasteiger partial charge in [0.15, 0.2) is 0 Å². The first kappa shape index (κ1) is 22.2. The fourth-order valence-electron chi connectivity index (χ4n) is 5.65. The third kappa shape index (κ3) is 4.78. The van der Waals surface area contributed by atoms with Crippen LogP contribution in [-0.2, 0) is 32.7 Å². The van der Waals surface area contributed by atoms with Gasteiger partial charge >= 0.3 is 194 Å². The quantitative estimate of drug-likeness (QED) is 0.318. The van der Waals surface area contributed by atoms with Crippen molar-refractivity contribution in [3.63, 3.8) is 0 Å². The van der Waals surface area contributed by atoms with Crippen LogP contribution in [0.25, 0.3) is 0 Å². The van der Waals surface area contributed by atoms with Gasteiger partial charge in [0.1, 0.15) is 0 Å². The van der Waals surface area contributed by atoms with E-state index in [0.29, 0.717) is 5.92 Å². The molecule has 0 amide bonds. The van der Waals surface area contributed by atoms with Gasteiger partial charge in [0.25, 0.3) is 0 Å². The zero-order valence-electron chi connectivity index (χ0n) is 19.4. The summed E-state index contributed by atoms with van der Waals surface area (Å²) in [6.45, 7) is 9.58. The number of benzene rings is 3. The third-order valence-electron chi connectivity index (χ3n) is 7.37. The Morgan fingerprint density at radius 2 is 0.903 bits per heavy atom. The molecule has 158 valence electrons. The van der Waals surface area contributed by atoms with Crippen LogP contribution in [0, 0.1) is 5.92 Å². The van der Waals surface area contributed by atoms with Gasteiger partial charge in [-0.25, -0.2) is 0 Å². The first-order chi connectivity index (χ1) is 15.0. The van der Waals surface area contributed by atoms with Crippen molar-refractivity contribution in [3.05, 3.63) is 128 Å². The summed E-state index contributed by atoms with van der Waals surface area (Å²) in [5, 5.41) is 0. The predicted octanol–water partition coefficient (Wildman–Crippen LogP) is 8.00. The molecular weight excluding hydrogens is 452 g/mol. The zero-order valence-corrected chi connectivity index (χ0v) is 21.8. The Hall–Kier alpha value is -1.98. The van der Waals surface area contributed by atoms with Gasteiger partial charge in [0, 0.05) is 0 Å². The molecule has 0 nitrogen and oxygen atoms in total. The summed E-state index contributed by atoms with van der Waals surface area (Å²) in [5.74, 6) is 0.576. The van der Waals surface area contributed by atoms with Crippen LogP contribution in [0.1, 0.15) is 44.4 Å². The topological polar surface area (TPSA) is 0 Å². The molecule has 0 aliphatic heterocycles. The van der Waals surface area contributed by atoms with E-state index in [9.17, 15) is 0 Å². The zero-order chi connectivity index (χ0) is 21.8. The molecule has 3 aromatic rings. The molecule has 0 saturated carbocycles. The van der Waals surface area contributed by atoms with E-state index in [1.807, 2.05) is 3.28 Å². The van der Waals surface area contributed by atoms with Crippen LogP contribution in [-0.4, -0.2) is 0 Å². The van der Waals surface area contributed by atoms with Gasteiger partial charge in [-0.05, 0) is 0 Å². The molecule has 1 unspecified atom stereocenters. The van der Waals surface area contributed by atoms with Crippen molar-refractivity contribution in [2.45, 2.75) is 40.1 Å². The van der Waals surface area contributed by atoms with E-state index in [4.69, 9.17) is 0 Å². The second-order valence-electron chi connectivity index (χ2n) is 9.34. The van der Waals surface area contributed by atoms with Crippen molar-refractivity contribution in [3.8, 4) is 0 Å². The molecule has 0 heterocycles. The van der Waals surface area contributed by atoms with Gasteiger partial charge in [-0.1, -0.05) is 0 Å². The Bertz CT molecular complexity index is 974. The number of allylic oxidation sites excluding steroid dienone is 4. The van der Waals surface area contributed by atoms with Gasteiger partial charge in [-0.2, -0.15) is 0 Å². The molecule has 1 atom stereocenters. The summed E-state index contributed by atoms with van der Waals surface area (Å²) < 4.78 is 5.63. The first-order valence-corrected chi connectivity index (χ1v) is 18.0. The molecule has 31 heavy (non-hydrogen) atoms. The van der Waals surface area contributed by atoms with Crippen LogP contribution >= 0.6 is 0 Å². The summed E-state index contributed by atoms with van der Waals surface area (Å²) in [6, 6.07) is 33.8. The summed E-state index contributed by atoms with van der Waals surface area (Å²) >= 11 is -2.98. The Balaban J connectivity index is 1.89. The molecule has 1 aliphatic rings. The molecule has 0 N–H and O–H groups in total. The van der Waals surface area contributed by atoms with Crippen LogP contribution in [0.4, 0.5) is 0 Å². The van der Waals surface area contributed by atoms with Gasteiger partial charge < -0.3 is 0 Å². The molecule has 0 aromatic heterocycles. The van der Waals surface area contributed by atoms with E-state index in [0.717, 1.165) is 0 Å².